The molecule has 0 saturated heterocycles. The first kappa shape index (κ1) is 13.9. The lowest BCUT2D eigenvalue weighted by molar-refractivity contribution is -0.390. The summed E-state index contributed by atoms with van der Waals surface area (Å²) in [7, 11) is 0. The van der Waals surface area contributed by atoms with Gasteiger partial charge in [-0.1, -0.05) is 0 Å². The number of halogens is 3. The maximum atomic E-state index is 12.6. The topological polar surface area (TPSA) is 82.3 Å². The van der Waals surface area contributed by atoms with Gasteiger partial charge in [0.15, 0.2) is 0 Å². The van der Waals surface area contributed by atoms with Gasteiger partial charge in [-0.05, 0) is 22.9 Å². The predicted octanol–water partition coefficient (Wildman–Crippen LogP) is 2.19. The van der Waals surface area contributed by atoms with Gasteiger partial charge in [0.2, 0.25) is 0 Å². The summed E-state index contributed by atoms with van der Waals surface area (Å²) in [5.74, 6) is -2.22. The van der Waals surface area contributed by atoms with Crippen molar-refractivity contribution >= 4 is 11.8 Å². The number of alkyl halides is 3. The molecule has 6 nitrogen and oxygen atoms in total. The van der Waals surface area contributed by atoms with Crippen molar-refractivity contribution in [3.05, 3.63) is 33.5 Å². The van der Waals surface area contributed by atoms with Gasteiger partial charge in [0.1, 0.15) is 5.56 Å². The third-order valence-electron chi connectivity index (χ3n) is 1.83. The molecule has 0 amide bonds. The van der Waals surface area contributed by atoms with E-state index in [0.717, 1.165) is 0 Å². The highest BCUT2D eigenvalue weighted by Crippen LogP contribution is 2.32. The fourth-order valence-corrected chi connectivity index (χ4v) is 1.14. The molecule has 1 rings (SSSR count). The normalized spacial score (nSPS) is 11.1. The fourth-order valence-electron chi connectivity index (χ4n) is 1.14. The average Bonchev–Trinajstić information content (AvgIpc) is 2.27. The Kier molecular flexibility index (Phi) is 3.84. The zero-order valence-electron chi connectivity index (χ0n) is 9.02. The third-order valence-corrected chi connectivity index (χ3v) is 1.83. The standard InChI is InChI=1S/C9H7F3N2O4/c1-2-18-8(15)5-3-4-6(14(16)17)13-7(5)9(10,11)12/h3-4H,2H2,1H3. The van der Waals surface area contributed by atoms with Crippen LogP contribution in [0.15, 0.2) is 12.1 Å². The van der Waals surface area contributed by atoms with Crippen LogP contribution in [0.25, 0.3) is 0 Å². The lowest BCUT2D eigenvalue weighted by Gasteiger charge is -2.07. The highest BCUT2D eigenvalue weighted by atomic mass is 19.4. The minimum absolute atomic E-state index is 0.118. The number of nitrogens with zero attached hydrogens (tertiary/aromatic N) is 2. The van der Waals surface area contributed by atoms with E-state index in [-0.39, 0.29) is 6.61 Å². The third kappa shape index (κ3) is 2.93. The van der Waals surface area contributed by atoms with Crippen LogP contribution >= 0.6 is 0 Å². The molecule has 1 aromatic heterocycles. The second kappa shape index (κ2) is 4.98. The number of hydrogen-bond donors (Lipinski definition) is 0. The predicted molar refractivity (Wildman–Crippen MR) is 51.8 cm³/mol. The zero-order valence-corrected chi connectivity index (χ0v) is 9.02. The molecule has 0 aliphatic heterocycles. The summed E-state index contributed by atoms with van der Waals surface area (Å²) in [6.45, 7) is 1.30. The molecule has 0 saturated carbocycles. The van der Waals surface area contributed by atoms with E-state index in [9.17, 15) is 28.1 Å². The molecule has 0 fully saturated rings. The summed E-state index contributed by atoms with van der Waals surface area (Å²) in [6.07, 6.45) is -4.98. The van der Waals surface area contributed by atoms with Crippen molar-refractivity contribution in [1.29, 1.82) is 0 Å². The van der Waals surface area contributed by atoms with Gasteiger partial charge >= 0.3 is 18.0 Å². The first-order chi connectivity index (χ1) is 8.27. The molecule has 0 aliphatic rings. The molecule has 1 heterocycles. The maximum Gasteiger partial charge on any atom is 0.458 e. The number of hydrogen-bond acceptors (Lipinski definition) is 5. The average molecular weight is 264 g/mol. The van der Waals surface area contributed by atoms with Gasteiger partial charge in [0, 0.05) is 6.07 Å². The Balaban J connectivity index is 3.34. The van der Waals surface area contributed by atoms with Gasteiger partial charge in [0.25, 0.3) is 5.69 Å². The second-order valence-corrected chi connectivity index (χ2v) is 3.04. The van der Waals surface area contributed by atoms with E-state index < -0.39 is 34.1 Å². The number of aromatic nitrogens is 1. The molecule has 98 valence electrons. The van der Waals surface area contributed by atoms with Crippen molar-refractivity contribution in [2.75, 3.05) is 6.61 Å². The van der Waals surface area contributed by atoms with Crippen molar-refractivity contribution in [2.45, 2.75) is 13.1 Å². The molecule has 9 heteroatoms. The van der Waals surface area contributed by atoms with E-state index >= 15 is 0 Å². The molecule has 0 bridgehead atoms. The molecule has 0 spiro atoms. The van der Waals surface area contributed by atoms with Crippen LogP contribution in [0.5, 0.6) is 0 Å². The number of carbonyl (C=O) groups is 1. The number of rotatable bonds is 3. The van der Waals surface area contributed by atoms with Crippen LogP contribution in [0, 0.1) is 10.1 Å². The number of esters is 1. The molecule has 0 radical (unpaired) electrons. The molecule has 0 atom stereocenters. The summed E-state index contributed by atoms with van der Waals surface area (Å²) in [5.41, 5.74) is -2.48. The molecule has 0 aromatic carbocycles. The van der Waals surface area contributed by atoms with Crippen molar-refractivity contribution in [3.63, 3.8) is 0 Å². The van der Waals surface area contributed by atoms with Crippen LogP contribution in [-0.4, -0.2) is 22.5 Å². The summed E-state index contributed by atoms with van der Waals surface area (Å²) in [6, 6.07) is 1.38. The van der Waals surface area contributed by atoms with Gasteiger partial charge in [0.05, 0.1) is 6.61 Å². The lowest BCUT2D eigenvalue weighted by atomic mass is 10.2. The van der Waals surface area contributed by atoms with Crippen molar-refractivity contribution in [1.82, 2.24) is 4.98 Å². The quantitative estimate of drug-likeness (QED) is 0.474. The van der Waals surface area contributed by atoms with Gasteiger partial charge < -0.3 is 14.9 Å². The van der Waals surface area contributed by atoms with E-state index in [2.05, 4.69) is 9.72 Å². The van der Waals surface area contributed by atoms with Crippen LogP contribution < -0.4 is 0 Å². The number of ether oxygens (including phenoxy) is 1. The minimum atomic E-state index is -4.98. The van der Waals surface area contributed by atoms with Gasteiger partial charge in [-0.2, -0.15) is 13.2 Å². The Morgan fingerprint density at radius 3 is 2.56 bits per heavy atom. The summed E-state index contributed by atoms with van der Waals surface area (Å²) in [5, 5.41) is 10.3. The Morgan fingerprint density at radius 1 is 1.50 bits per heavy atom. The van der Waals surface area contributed by atoms with E-state index in [1.807, 2.05) is 0 Å². The monoisotopic (exact) mass is 264 g/mol. The SMILES string of the molecule is CCOC(=O)c1ccc([N+](=O)[O-])nc1C(F)(F)F. The number of pyridine rings is 1. The van der Waals surface area contributed by atoms with Crippen LogP contribution in [-0.2, 0) is 10.9 Å². The second-order valence-electron chi connectivity index (χ2n) is 3.04. The van der Waals surface area contributed by atoms with Crippen molar-refractivity contribution in [2.24, 2.45) is 0 Å². The molecular weight excluding hydrogens is 257 g/mol. The first-order valence-electron chi connectivity index (χ1n) is 4.67. The Morgan fingerprint density at radius 2 is 2.11 bits per heavy atom. The van der Waals surface area contributed by atoms with Gasteiger partial charge in [-0.15, -0.1) is 0 Å². The van der Waals surface area contributed by atoms with Crippen molar-refractivity contribution < 1.29 is 27.6 Å². The van der Waals surface area contributed by atoms with Crippen LogP contribution in [0.3, 0.4) is 0 Å². The smallest absolute Gasteiger partial charge is 0.458 e. The highest BCUT2D eigenvalue weighted by Gasteiger charge is 2.43. The number of nitro groups is 1. The number of carbonyl (C=O) groups excluding carboxylic acids is 1. The van der Waals surface area contributed by atoms with E-state index in [1.54, 1.807) is 0 Å². The van der Waals surface area contributed by atoms with E-state index in [4.69, 9.17) is 0 Å². The zero-order chi connectivity index (χ0) is 13.9. The van der Waals surface area contributed by atoms with Crippen LogP contribution in [0.4, 0.5) is 19.0 Å². The summed E-state index contributed by atoms with van der Waals surface area (Å²) >= 11 is 0. The van der Waals surface area contributed by atoms with Gasteiger partial charge in [-0.25, -0.2) is 4.79 Å². The molecule has 1 aromatic rings. The van der Waals surface area contributed by atoms with Crippen LogP contribution in [0.1, 0.15) is 23.0 Å². The van der Waals surface area contributed by atoms with E-state index in [1.165, 1.54) is 6.92 Å². The molecule has 0 aliphatic carbocycles. The Hall–Kier alpha value is -2.19. The first-order valence-corrected chi connectivity index (χ1v) is 4.67. The Labute approximate surface area is 98.5 Å². The maximum absolute atomic E-state index is 12.6. The molecule has 18 heavy (non-hydrogen) atoms. The Bertz CT molecular complexity index is 487. The molecular formula is C9H7F3N2O4. The highest BCUT2D eigenvalue weighted by molar-refractivity contribution is 5.91. The summed E-state index contributed by atoms with van der Waals surface area (Å²) in [4.78, 5) is 23.4. The largest absolute Gasteiger partial charge is 0.462 e. The van der Waals surface area contributed by atoms with Crippen LogP contribution in [0.2, 0.25) is 0 Å². The fraction of sp³-hybridized carbons (Fsp3) is 0.333. The lowest BCUT2D eigenvalue weighted by Crippen LogP contribution is -2.18. The van der Waals surface area contributed by atoms with Crippen molar-refractivity contribution in [3.8, 4) is 0 Å². The molecule has 0 N–H and O–H groups in total. The minimum Gasteiger partial charge on any atom is -0.462 e. The summed E-state index contributed by atoms with van der Waals surface area (Å²) < 4.78 is 42.2. The van der Waals surface area contributed by atoms with E-state index in [0.29, 0.717) is 12.1 Å². The molecule has 0 unspecified atom stereocenters. The van der Waals surface area contributed by atoms with Gasteiger partial charge in [-0.3, -0.25) is 0 Å².